The summed E-state index contributed by atoms with van der Waals surface area (Å²) in [5.74, 6) is 2.39. The minimum Gasteiger partial charge on any atom is -0.351 e. The summed E-state index contributed by atoms with van der Waals surface area (Å²) < 4.78 is 0. The molecule has 5 nitrogen and oxygen atoms in total. The highest BCUT2D eigenvalue weighted by atomic mass is 32.2. The fourth-order valence-electron chi connectivity index (χ4n) is 4.24. The second-order valence-corrected chi connectivity index (χ2v) is 8.17. The van der Waals surface area contributed by atoms with Crippen LogP contribution >= 0.6 is 11.8 Å². The third kappa shape index (κ3) is 4.21. The smallest absolute Gasteiger partial charge is 0.230 e. The van der Waals surface area contributed by atoms with Gasteiger partial charge in [-0.25, -0.2) is 0 Å². The van der Waals surface area contributed by atoms with Crippen molar-refractivity contribution in [3.8, 4) is 0 Å². The second kappa shape index (κ2) is 7.43. The van der Waals surface area contributed by atoms with Gasteiger partial charge in [0.25, 0.3) is 0 Å². The third-order valence-corrected chi connectivity index (χ3v) is 6.22. The Bertz CT molecular complexity index is 447. The van der Waals surface area contributed by atoms with Crippen LogP contribution in [0.4, 0.5) is 0 Å². The van der Waals surface area contributed by atoms with Crippen molar-refractivity contribution in [3.63, 3.8) is 0 Å². The number of hydrogen-bond acceptors (Lipinski definition) is 4. The monoisotopic (exact) mass is 339 g/mol. The van der Waals surface area contributed by atoms with Gasteiger partial charge in [-0.05, 0) is 43.8 Å². The van der Waals surface area contributed by atoms with Crippen LogP contribution in [0.3, 0.4) is 0 Å². The molecule has 23 heavy (non-hydrogen) atoms. The van der Waals surface area contributed by atoms with Gasteiger partial charge in [-0.2, -0.15) is 11.8 Å². The molecule has 2 aliphatic heterocycles. The molecule has 3 fully saturated rings. The van der Waals surface area contributed by atoms with Gasteiger partial charge in [0.2, 0.25) is 11.8 Å². The lowest BCUT2D eigenvalue weighted by Gasteiger charge is -2.36. The van der Waals surface area contributed by atoms with Crippen LogP contribution in [0.5, 0.6) is 0 Å². The molecule has 3 rings (SSSR count). The Labute approximate surface area is 143 Å². The normalized spacial score (nSPS) is 29.7. The Morgan fingerprint density at radius 2 is 1.83 bits per heavy atom. The van der Waals surface area contributed by atoms with E-state index in [1.165, 1.54) is 12.8 Å². The molecule has 2 saturated heterocycles. The van der Waals surface area contributed by atoms with Crippen molar-refractivity contribution >= 4 is 23.6 Å². The standard InChI is InChI=1S/C17H29N3O2S/c1-12(21)19-7-5-14(6-8-19)20-9-15(13-3-4-13)16(10-20)18-17(22)11-23-2/h13-16H,3-11H2,1-2H3,(H,18,22)/t15-,16+/m1/s1. The van der Waals surface area contributed by atoms with Gasteiger partial charge in [-0.1, -0.05) is 0 Å². The molecule has 1 aliphatic carbocycles. The third-order valence-electron chi connectivity index (χ3n) is 5.67. The highest BCUT2D eigenvalue weighted by Crippen LogP contribution is 2.42. The van der Waals surface area contributed by atoms with Gasteiger partial charge >= 0.3 is 0 Å². The molecule has 1 saturated carbocycles. The molecule has 1 N–H and O–H groups in total. The van der Waals surface area contributed by atoms with E-state index in [2.05, 4.69) is 10.2 Å². The van der Waals surface area contributed by atoms with Gasteiger partial charge in [0.1, 0.15) is 0 Å². The predicted octanol–water partition coefficient (Wildman–Crippen LogP) is 1.19. The lowest BCUT2D eigenvalue weighted by molar-refractivity contribution is -0.130. The molecule has 3 aliphatic rings. The highest BCUT2D eigenvalue weighted by Gasteiger charge is 2.44. The van der Waals surface area contributed by atoms with Crippen LogP contribution in [-0.4, -0.2) is 71.9 Å². The van der Waals surface area contributed by atoms with E-state index in [1.807, 2.05) is 11.2 Å². The topological polar surface area (TPSA) is 52.7 Å². The number of nitrogens with zero attached hydrogens (tertiary/aromatic N) is 2. The molecule has 2 heterocycles. The number of rotatable bonds is 5. The SMILES string of the molecule is CSCC(=O)N[C@H]1CN(C2CCN(C(C)=O)CC2)C[C@@H]1C1CC1. The van der Waals surface area contributed by atoms with Crippen molar-refractivity contribution < 1.29 is 9.59 Å². The zero-order chi connectivity index (χ0) is 16.4. The molecule has 0 radical (unpaired) electrons. The fourth-order valence-corrected chi connectivity index (χ4v) is 4.58. The van der Waals surface area contributed by atoms with Gasteiger partial charge in [0.15, 0.2) is 0 Å². The van der Waals surface area contributed by atoms with Crippen molar-refractivity contribution in [1.29, 1.82) is 0 Å². The molecule has 6 heteroatoms. The Kier molecular flexibility index (Phi) is 5.52. The first-order valence-corrected chi connectivity index (χ1v) is 10.3. The zero-order valence-corrected chi connectivity index (χ0v) is 15.1. The van der Waals surface area contributed by atoms with Crippen LogP contribution in [0.2, 0.25) is 0 Å². The number of hydrogen-bond donors (Lipinski definition) is 1. The van der Waals surface area contributed by atoms with E-state index in [4.69, 9.17) is 0 Å². The predicted molar refractivity (Wildman–Crippen MR) is 93.4 cm³/mol. The lowest BCUT2D eigenvalue weighted by Crippen LogP contribution is -2.46. The molecule has 2 atom stereocenters. The first-order chi connectivity index (χ1) is 11.1. The molecule has 0 unspecified atom stereocenters. The Morgan fingerprint density at radius 3 is 2.39 bits per heavy atom. The minimum absolute atomic E-state index is 0.182. The number of thioether (sulfide) groups is 1. The number of piperidine rings is 1. The molecule has 0 aromatic rings. The maximum atomic E-state index is 12.0. The van der Waals surface area contributed by atoms with Gasteiger partial charge in [-0.15, -0.1) is 0 Å². The Morgan fingerprint density at radius 1 is 1.13 bits per heavy atom. The minimum atomic E-state index is 0.182. The summed E-state index contributed by atoms with van der Waals surface area (Å²) in [6.45, 7) is 5.55. The average Bonchev–Trinajstić information content (AvgIpc) is 3.29. The largest absolute Gasteiger partial charge is 0.351 e. The van der Waals surface area contributed by atoms with Crippen LogP contribution in [0.25, 0.3) is 0 Å². The molecular weight excluding hydrogens is 310 g/mol. The van der Waals surface area contributed by atoms with Crippen molar-refractivity contribution in [2.45, 2.75) is 44.7 Å². The maximum absolute atomic E-state index is 12.0. The summed E-state index contributed by atoms with van der Waals surface area (Å²) in [6.07, 6.45) is 6.78. The summed E-state index contributed by atoms with van der Waals surface area (Å²) in [5.41, 5.74) is 0. The quantitative estimate of drug-likeness (QED) is 0.817. The average molecular weight is 340 g/mol. The molecular formula is C17H29N3O2S. The van der Waals surface area contributed by atoms with Crippen LogP contribution in [0.1, 0.15) is 32.6 Å². The van der Waals surface area contributed by atoms with Crippen LogP contribution in [0.15, 0.2) is 0 Å². The maximum Gasteiger partial charge on any atom is 0.230 e. The molecule has 0 spiro atoms. The first-order valence-electron chi connectivity index (χ1n) is 8.86. The van der Waals surface area contributed by atoms with E-state index in [9.17, 15) is 9.59 Å². The Balaban J connectivity index is 1.55. The Hall–Kier alpha value is -0.750. The van der Waals surface area contributed by atoms with Gasteiger partial charge in [0.05, 0.1) is 5.75 Å². The molecule has 2 amide bonds. The first kappa shape index (κ1) is 17.1. The molecule has 0 bridgehead atoms. The second-order valence-electron chi connectivity index (χ2n) is 7.30. The van der Waals surface area contributed by atoms with E-state index in [-0.39, 0.29) is 11.8 Å². The van der Waals surface area contributed by atoms with Crippen LogP contribution in [-0.2, 0) is 9.59 Å². The van der Waals surface area contributed by atoms with Gasteiger partial charge in [-0.3, -0.25) is 14.5 Å². The van der Waals surface area contributed by atoms with E-state index in [0.29, 0.717) is 23.8 Å². The summed E-state index contributed by atoms with van der Waals surface area (Å²) in [4.78, 5) is 28.0. The summed E-state index contributed by atoms with van der Waals surface area (Å²) in [6, 6.07) is 0.905. The number of carbonyl (C=O) groups is 2. The van der Waals surface area contributed by atoms with Gasteiger partial charge < -0.3 is 10.2 Å². The van der Waals surface area contributed by atoms with Crippen LogP contribution < -0.4 is 5.32 Å². The lowest BCUT2D eigenvalue weighted by atomic mass is 9.98. The zero-order valence-electron chi connectivity index (χ0n) is 14.3. The summed E-state index contributed by atoms with van der Waals surface area (Å²) in [5, 5.41) is 3.28. The van der Waals surface area contributed by atoms with Gasteiger partial charge in [0, 0.05) is 45.2 Å². The molecule has 0 aromatic carbocycles. The summed E-state index contributed by atoms with van der Waals surface area (Å²) in [7, 11) is 0. The fraction of sp³-hybridized carbons (Fsp3) is 0.882. The van der Waals surface area contributed by atoms with Crippen molar-refractivity contribution in [1.82, 2.24) is 15.1 Å². The van der Waals surface area contributed by atoms with E-state index in [0.717, 1.165) is 44.9 Å². The molecule has 130 valence electrons. The number of nitrogens with one attached hydrogen (secondary N) is 1. The van der Waals surface area contributed by atoms with Crippen LogP contribution in [0, 0.1) is 11.8 Å². The van der Waals surface area contributed by atoms with E-state index < -0.39 is 0 Å². The number of carbonyl (C=O) groups excluding carboxylic acids is 2. The molecule has 0 aromatic heterocycles. The number of amides is 2. The van der Waals surface area contributed by atoms with E-state index in [1.54, 1.807) is 18.7 Å². The van der Waals surface area contributed by atoms with Crippen molar-refractivity contribution in [2.75, 3.05) is 38.2 Å². The van der Waals surface area contributed by atoms with E-state index >= 15 is 0 Å². The van der Waals surface area contributed by atoms with Crippen molar-refractivity contribution in [3.05, 3.63) is 0 Å². The highest BCUT2D eigenvalue weighted by molar-refractivity contribution is 7.99. The van der Waals surface area contributed by atoms with Crippen molar-refractivity contribution in [2.24, 2.45) is 11.8 Å². The number of likely N-dealkylation sites (tertiary alicyclic amines) is 2. The summed E-state index contributed by atoms with van der Waals surface area (Å²) >= 11 is 1.59.